The predicted molar refractivity (Wildman–Crippen MR) is 362 cm³/mol. The summed E-state index contributed by atoms with van der Waals surface area (Å²) in [5.41, 5.74) is 0. The molecule has 468 valence electrons. The topological polar surface area (TPSA) is 78.9 Å². The number of hydrogen-bond acceptors (Lipinski definition) is 6. The van der Waals surface area contributed by atoms with E-state index in [2.05, 4.69) is 173 Å². The van der Waals surface area contributed by atoms with Gasteiger partial charge in [-0.05, 0) is 116 Å². The van der Waals surface area contributed by atoms with E-state index in [4.69, 9.17) is 14.2 Å². The molecule has 0 aromatic heterocycles. The average Bonchev–Trinajstić information content (AvgIpc) is 3.50. The van der Waals surface area contributed by atoms with Crippen LogP contribution in [0.3, 0.4) is 0 Å². The summed E-state index contributed by atoms with van der Waals surface area (Å²) < 4.78 is 16.9. The third-order valence-corrected chi connectivity index (χ3v) is 14.0. The lowest BCUT2D eigenvalue weighted by Gasteiger charge is -2.18. The molecule has 0 aliphatic rings. The number of allylic oxidation sites excluding steroid dienone is 26. The highest BCUT2D eigenvalue weighted by Crippen LogP contribution is 2.16. The molecule has 0 spiro atoms. The van der Waals surface area contributed by atoms with Gasteiger partial charge in [0, 0.05) is 19.3 Å². The van der Waals surface area contributed by atoms with E-state index in [0.29, 0.717) is 19.3 Å². The van der Waals surface area contributed by atoms with Crippen molar-refractivity contribution in [3.05, 3.63) is 158 Å². The Morgan fingerprint density at radius 1 is 0.253 bits per heavy atom. The van der Waals surface area contributed by atoms with Crippen LogP contribution in [0.15, 0.2) is 158 Å². The molecule has 1 atom stereocenters. The molecule has 0 saturated carbocycles. The Hall–Kier alpha value is -4.97. The molecule has 0 fully saturated rings. The molecule has 0 radical (unpaired) electrons. The largest absolute Gasteiger partial charge is 0.462 e. The lowest BCUT2D eigenvalue weighted by molar-refractivity contribution is -0.166. The zero-order valence-electron chi connectivity index (χ0n) is 53.7. The van der Waals surface area contributed by atoms with Crippen molar-refractivity contribution in [2.24, 2.45) is 0 Å². The van der Waals surface area contributed by atoms with Crippen molar-refractivity contribution in [1.29, 1.82) is 0 Å². The minimum atomic E-state index is -0.831. The van der Waals surface area contributed by atoms with Crippen LogP contribution in [0.5, 0.6) is 0 Å². The van der Waals surface area contributed by atoms with Crippen LogP contribution >= 0.6 is 0 Å². The van der Waals surface area contributed by atoms with Gasteiger partial charge >= 0.3 is 17.9 Å². The molecule has 6 nitrogen and oxygen atoms in total. The molecule has 6 heteroatoms. The van der Waals surface area contributed by atoms with Gasteiger partial charge < -0.3 is 14.2 Å². The quantitative estimate of drug-likeness (QED) is 0.0261. The van der Waals surface area contributed by atoms with Crippen LogP contribution in [-0.2, 0) is 28.6 Å². The summed E-state index contributed by atoms with van der Waals surface area (Å²) in [6, 6.07) is 0. The Morgan fingerprint density at radius 3 is 0.807 bits per heavy atom. The molecule has 0 aliphatic carbocycles. The molecule has 0 N–H and O–H groups in total. The molecule has 0 heterocycles. The molecule has 0 aromatic carbocycles. The fraction of sp³-hybridized carbons (Fsp3) is 0.623. The summed E-state index contributed by atoms with van der Waals surface area (Å²) in [7, 11) is 0. The Balaban J connectivity index is 4.55. The van der Waals surface area contributed by atoms with Crippen LogP contribution in [0.25, 0.3) is 0 Å². The minimum absolute atomic E-state index is 0.123. The maximum absolute atomic E-state index is 13.0. The van der Waals surface area contributed by atoms with Crippen LogP contribution in [0.4, 0.5) is 0 Å². The van der Waals surface area contributed by atoms with Gasteiger partial charge in [0.25, 0.3) is 0 Å². The number of carbonyl (C=O) groups excluding carboxylic acids is 3. The molecular formula is C77H124O6. The van der Waals surface area contributed by atoms with Gasteiger partial charge in [-0.3, -0.25) is 14.4 Å². The smallest absolute Gasteiger partial charge is 0.306 e. The monoisotopic (exact) mass is 1140 g/mol. The van der Waals surface area contributed by atoms with E-state index in [1.807, 2.05) is 6.08 Å². The van der Waals surface area contributed by atoms with Gasteiger partial charge in [-0.15, -0.1) is 0 Å². The van der Waals surface area contributed by atoms with Crippen molar-refractivity contribution in [1.82, 2.24) is 0 Å². The first-order chi connectivity index (χ1) is 41.0. The lowest BCUT2D eigenvalue weighted by atomic mass is 10.0. The Labute approximate surface area is 511 Å². The third kappa shape index (κ3) is 67.7. The zero-order chi connectivity index (χ0) is 59.9. The van der Waals surface area contributed by atoms with Crippen molar-refractivity contribution in [3.8, 4) is 0 Å². The molecular weight excluding hydrogens is 1020 g/mol. The van der Waals surface area contributed by atoms with Crippen LogP contribution in [0, 0.1) is 0 Å². The first kappa shape index (κ1) is 78.0. The number of unbranched alkanes of at least 4 members (excludes halogenated alkanes) is 23. The Morgan fingerprint density at radius 2 is 0.494 bits per heavy atom. The first-order valence-corrected chi connectivity index (χ1v) is 34.0. The molecule has 0 bridgehead atoms. The zero-order valence-corrected chi connectivity index (χ0v) is 53.7. The van der Waals surface area contributed by atoms with Crippen molar-refractivity contribution in [2.75, 3.05) is 13.2 Å². The molecule has 0 rings (SSSR count). The summed E-state index contributed by atoms with van der Waals surface area (Å²) in [5.74, 6) is -1.04. The van der Waals surface area contributed by atoms with E-state index in [9.17, 15) is 14.4 Å². The number of esters is 3. The molecule has 0 saturated heterocycles. The van der Waals surface area contributed by atoms with Crippen molar-refractivity contribution in [3.63, 3.8) is 0 Å². The van der Waals surface area contributed by atoms with Crippen LogP contribution in [-0.4, -0.2) is 37.2 Å². The van der Waals surface area contributed by atoms with Crippen molar-refractivity contribution < 1.29 is 28.6 Å². The lowest BCUT2D eigenvalue weighted by Crippen LogP contribution is -2.30. The fourth-order valence-corrected chi connectivity index (χ4v) is 9.04. The maximum atomic E-state index is 13.0. The molecule has 83 heavy (non-hydrogen) atoms. The second-order valence-corrected chi connectivity index (χ2v) is 22.0. The summed E-state index contributed by atoms with van der Waals surface area (Å²) >= 11 is 0. The van der Waals surface area contributed by atoms with Crippen LogP contribution in [0.2, 0.25) is 0 Å². The molecule has 0 aliphatic heterocycles. The van der Waals surface area contributed by atoms with Gasteiger partial charge in [0.1, 0.15) is 13.2 Å². The van der Waals surface area contributed by atoms with Gasteiger partial charge in [-0.1, -0.05) is 314 Å². The molecule has 0 aromatic rings. The first-order valence-electron chi connectivity index (χ1n) is 34.0. The van der Waals surface area contributed by atoms with Gasteiger partial charge in [-0.25, -0.2) is 0 Å². The second-order valence-electron chi connectivity index (χ2n) is 22.0. The number of hydrogen-bond donors (Lipinski definition) is 0. The van der Waals surface area contributed by atoms with E-state index in [1.54, 1.807) is 0 Å². The highest BCUT2D eigenvalue weighted by atomic mass is 16.6. The van der Waals surface area contributed by atoms with Crippen LogP contribution < -0.4 is 0 Å². The van der Waals surface area contributed by atoms with Gasteiger partial charge in [0.2, 0.25) is 0 Å². The Kier molecular flexibility index (Phi) is 65.4. The normalized spacial score (nSPS) is 13.1. The summed E-state index contributed by atoms with van der Waals surface area (Å²) in [4.78, 5) is 38.4. The second kappa shape index (κ2) is 69.5. The van der Waals surface area contributed by atoms with Gasteiger partial charge in [0.15, 0.2) is 6.10 Å². The Bertz CT molecular complexity index is 1840. The van der Waals surface area contributed by atoms with E-state index in [0.717, 1.165) is 128 Å². The maximum Gasteiger partial charge on any atom is 0.306 e. The minimum Gasteiger partial charge on any atom is -0.462 e. The molecule has 0 amide bonds. The summed E-state index contributed by atoms with van der Waals surface area (Å²) in [6.45, 7) is 6.34. The van der Waals surface area contributed by atoms with Crippen molar-refractivity contribution in [2.45, 2.75) is 297 Å². The average molecular weight is 1150 g/mol. The van der Waals surface area contributed by atoms with E-state index < -0.39 is 6.10 Å². The third-order valence-electron chi connectivity index (χ3n) is 14.0. The highest BCUT2D eigenvalue weighted by Gasteiger charge is 2.19. The van der Waals surface area contributed by atoms with E-state index in [1.165, 1.54) is 116 Å². The number of carbonyl (C=O) groups is 3. The van der Waals surface area contributed by atoms with Gasteiger partial charge in [-0.2, -0.15) is 0 Å². The van der Waals surface area contributed by atoms with E-state index >= 15 is 0 Å². The standard InChI is InChI=1S/C77H124O6/c1-4-7-10-13-16-19-22-25-28-31-34-36-37-38-39-41-43-46-49-52-55-58-61-64-67-70-76(79)82-73-74(72-81-75(78)69-66-63-60-57-54-51-48-45-42-33-30-27-24-21-18-15-12-9-6-3)83-77(80)71-68-65-62-59-56-53-50-47-44-40-35-32-29-26-23-20-17-14-11-8-5-2/h7,9-10,12,16,18-19,21,25,27-28,30,34,36,38-39,42-43,45-46,51-52,54-55,60,63,74H,4-6,8,11,13-15,17,20,22-24,26,29,31-33,35,37,40-41,44,47-50,53,56-59,61-62,64-73H2,1-3H3/b10-7-,12-9-,19-16-,21-18-,28-25-,30-27-,36-34-,39-38-,45-42-,46-43-,54-51-,55-52-,63-60-. The van der Waals surface area contributed by atoms with E-state index in [-0.39, 0.29) is 37.5 Å². The predicted octanol–water partition coefficient (Wildman–Crippen LogP) is 23.7. The van der Waals surface area contributed by atoms with Gasteiger partial charge in [0.05, 0.1) is 0 Å². The summed E-state index contributed by atoms with van der Waals surface area (Å²) in [5, 5.41) is 0. The highest BCUT2D eigenvalue weighted by molar-refractivity contribution is 5.71. The van der Waals surface area contributed by atoms with Crippen LogP contribution in [0.1, 0.15) is 290 Å². The number of rotatable bonds is 60. The summed E-state index contributed by atoms with van der Waals surface area (Å²) in [6.07, 6.45) is 101. The molecule has 1 unspecified atom stereocenters. The number of ether oxygens (including phenoxy) is 3. The SMILES string of the molecule is CC/C=C\C/C=C\C/C=C\C/C=C\C/C=C\C/C=C\C/C=C\CCCCCC(=O)OCC(COC(=O)CC/C=C\C/C=C\C/C=C\C/C=C\C/C=C\C/C=C\CC)OC(=O)CCCCCCCCCCCCCCCCCCCCCCC. The van der Waals surface area contributed by atoms with Crippen molar-refractivity contribution >= 4 is 17.9 Å². The fourth-order valence-electron chi connectivity index (χ4n) is 9.04.